The van der Waals surface area contributed by atoms with Crippen molar-refractivity contribution >= 4 is 29.1 Å². The van der Waals surface area contributed by atoms with Crippen molar-refractivity contribution in [2.45, 2.75) is 13.0 Å². The van der Waals surface area contributed by atoms with Crippen LogP contribution in [0.3, 0.4) is 0 Å². The highest BCUT2D eigenvalue weighted by Crippen LogP contribution is 2.16. The number of anilines is 1. The number of hydrogen-bond donors (Lipinski definition) is 2. The van der Waals surface area contributed by atoms with Gasteiger partial charge >= 0.3 is 0 Å². The molecule has 3 aromatic rings. The van der Waals surface area contributed by atoms with Crippen LogP contribution in [0.5, 0.6) is 0 Å². The smallest absolute Gasteiger partial charge is 0.257 e. The Hall–Kier alpha value is -3.18. The van der Waals surface area contributed by atoms with Crippen molar-refractivity contribution in [2.24, 2.45) is 0 Å². The van der Waals surface area contributed by atoms with Gasteiger partial charge in [-0.2, -0.15) is 0 Å². The van der Waals surface area contributed by atoms with Crippen LogP contribution in [0.25, 0.3) is 0 Å². The molecule has 136 valence electrons. The van der Waals surface area contributed by atoms with Crippen molar-refractivity contribution in [2.75, 3.05) is 5.32 Å². The van der Waals surface area contributed by atoms with Gasteiger partial charge < -0.3 is 10.6 Å². The molecule has 0 spiro atoms. The first-order valence-electron chi connectivity index (χ1n) is 8.42. The number of aromatic nitrogens is 1. The quantitative estimate of drug-likeness (QED) is 0.683. The molecule has 5 nitrogen and oxygen atoms in total. The second-order valence-corrected chi connectivity index (χ2v) is 6.37. The molecular formula is C21H18ClN3O2. The molecule has 2 aromatic carbocycles. The van der Waals surface area contributed by atoms with Crippen LogP contribution in [-0.2, 0) is 17.8 Å². The number of nitrogens with zero attached hydrogens (tertiary/aromatic N) is 1. The Kier molecular flexibility index (Phi) is 6.18. The van der Waals surface area contributed by atoms with E-state index in [4.69, 9.17) is 11.6 Å². The van der Waals surface area contributed by atoms with Gasteiger partial charge in [0.15, 0.2) is 0 Å². The van der Waals surface area contributed by atoms with Gasteiger partial charge in [0.2, 0.25) is 5.91 Å². The molecule has 1 heterocycles. The van der Waals surface area contributed by atoms with Crippen LogP contribution >= 0.6 is 11.6 Å². The first-order valence-corrected chi connectivity index (χ1v) is 8.80. The maximum Gasteiger partial charge on any atom is 0.257 e. The minimum Gasteiger partial charge on any atom is -0.352 e. The number of pyridine rings is 1. The largest absolute Gasteiger partial charge is 0.352 e. The SMILES string of the molecule is O=C(Cc1cccc(Cl)c1)NCc1ccccc1NC(=O)c1cccnc1. The summed E-state index contributed by atoms with van der Waals surface area (Å²) in [5, 5.41) is 6.34. The summed E-state index contributed by atoms with van der Waals surface area (Å²) >= 11 is 5.94. The van der Waals surface area contributed by atoms with E-state index >= 15 is 0 Å². The number of nitrogens with one attached hydrogen (secondary N) is 2. The van der Waals surface area contributed by atoms with E-state index in [1.807, 2.05) is 30.3 Å². The predicted octanol–water partition coefficient (Wildman–Crippen LogP) is 3.85. The lowest BCUT2D eigenvalue weighted by molar-refractivity contribution is -0.120. The zero-order valence-electron chi connectivity index (χ0n) is 14.5. The van der Waals surface area contributed by atoms with E-state index in [0.717, 1.165) is 11.1 Å². The van der Waals surface area contributed by atoms with Crippen LogP contribution in [0.4, 0.5) is 5.69 Å². The predicted molar refractivity (Wildman–Crippen MR) is 106 cm³/mol. The number of halogens is 1. The lowest BCUT2D eigenvalue weighted by atomic mass is 10.1. The standard InChI is InChI=1S/C21H18ClN3O2/c22-18-8-3-5-15(11-18)12-20(26)24-14-16-6-1-2-9-19(16)25-21(27)17-7-4-10-23-13-17/h1-11,13H,12,14H2,(H,24,26)(H,25,27). The van der Waals surface area contributed by atoms with E-state index in [1.165, 1.54) is 6.20 Å². The van der Waals surface area contributed by atoms with Crippen LogP contribution in [0.15, 0.2) is 73.1 Å². The molecule has 0 saturated carbocycles. The average molecular weight is 380 g/mol. The highest BCUT2D eigenvalue weighted by Gasteiger charge is 2.10. The Morgan fingerprint density at radius 2 is 1.85 bits per heavy atom. The van der Waals surface area contributed by atoms with Crippen LogP contribution in [0, 0.1) is 0 Å². The van der Waals surface area contributed by atoms with Gasteiger partial charge in [0.05, 0.1) is 12.0 Å². The van der Waals surface area contributed by atoms with Crippen molar-refractivity contribution in [3.8, 4) is 0 Å². The van der Waals surface area contributed by atoms with Crippen LogP contribution < -0.4 is 10.6 Å². The Morgan fingerprint density at radius 3 is 2.63 bits per heavy atom. The molecule has 1 aromatic heterocycles. The van der Waals surface area contributed by atoms with E-state index < -0.39 is 0 Å². The molecule has 3 rings (SSSR count). The molecule has 0 aliphatic rings. The molecule has 0 aliphatic heterocycles. The lowest BCUT2D eigenvalue weighted by Crippen LogP contribution is -2.25. The van der Waals surface area contributed by atoms with Gasteiger partial charge in [-0.05, 0) is 41.5 Å². The third-order valence-electron chi connectivity index (χ3n) is 3.92. The number of carbonyl (C=O) groups excluding carboxylic acids is 2. The zero-order chi connectivity index (χ0) is 19.1. The molecular weight excluding hydrogens is 362 g/mol. The molecule has 0 saturated heterocycles. The summed E-state index contributed by atoms with van der Waals surface area (Å²) in [5.74, 6) is -0.369. The summed E-state index contributed by atoms with van der Waals surface area (Å²) in [6, 6.07) is 17.9. The van der Waals surface area contributed by atoms with E-state index in [1.54, 1.807) is 36.5 Å². The molecule has 2 N–H and O–H groups in total. The van der Waals surface area contributed by atoms with Crippen molar-refractivity contribution < 1.29 is 9.59 Å². The third kappa shape index (κ3) is 5.39. The number of amides is 2. The van der Waals surface area contributed by atoms with Crippen LogP contribution in [0.2, 0.25) is 5.02 Å². The molecule has 6 heteroatoms. The monoisotopic (exact) mass is 379 g/mol. The van der Waals surface area contributed by atoms with E-state index in [2.05, 4.69) is 15.6 Å². The summed E-state index contributed by atoms with van der Waals surface area (Å²) in [5.41, 5.74) is 2.78. The second-order valence-electron chi connectivity index (χ2n) is 5.94. The molecule has 0 unspecified atom stereocenters. The minimum atomic E-state index is -0.249. The number of rotatable bonds is 6. The van der Waals surface area contributed by atoms with Gasteiger partial charge in [-0.15, -0.1) is 0 Å². The third-order valence-corrected chi connectivity index (χ3v) is 4.15. The summed E-state index contributed by atoms with van der Waals surface area (Å²) in [6.45, 7) is 0.308. The van der Waals surface area contributed by atoms with Crippen molar-refractivity contribution in [3.63, 3.8) is 0 Å². The number of carbonyl (C=O) groups is 2. The Labute approximate surface area is 162 Å². The van der Waals surface area contributed by atoms with Gasteiger partial charge in [-0.1, -0.05) is 41.9 Å². The molecule has 0 fully saturated rings. The van der Waals surface area contributed by atoms with E-state index in [-0.39, 0.29) is 18.2 Å². The summed E-state index contributed by atoms with van der Waals surface area (Å²) in [7, 11) is 0. The molecule has 0 bridgehead atoms. The summed E-state index contributed by atoms with van der Waals surface area (Å²) in [4.78, 5) is 28.5. The maximum absolute atomic E-state index is 12.3. The lowest BCUT2D eigenvalue weighted by Gasteiger charge is -2.12. The molecule has 0 radical (unpaired) electrons. The Morgan fingerprint density at radius 1 is 1.00 bits per heavy atom. The number of para-hydroxylation sites is 1. The molecule has 0 aliphatic carbocycles. The first kappa shape index (κ1) is 18.6. The maximum atomic E-state index is 12.3. The second kappa shape index (κ2) is 8.96. The Bertz CT molecular complexity index is 945. The van der Waals surface area contributed by atoms with Crippen molar-refractivity contribution in [1.82, 2.24) is 10.3 Å². The highest BCUT2D eigenvalue weighted by atomic mass is 35.5. The van der Waals surface area contributed by atoms with Gasteiger partial charge in [0.25, 0.3) is 5.91 Å². The fourth-order valence-electron chi connectivity index (χ4n) is 2.58. The molecule has 2 amide bonds. The van der Waals surface area contributed by atoms with Crippen LogP contribution in [-0.4, -0.2) is 16.8 Å². The number of benzene rings is 2. The van der Waals surface area contributed by atoms with Gasteiger partial charge in [-0.25, -0.2) is 0 Å². The first-order chi connectivity index (χ1) is 13.1. The molecule has 0 atom stereocenters. The molecule has 27 heavy (non-hydrogen) atoms. The van der Waals surface area contributed by atoms with Crippen LogP contribution in [0.1, 0.15) is 21.5 Å². The average Bonchev–Trinajstić information content (AvgIpc) is 2.68. The van der Waals surface area contributed by atoms with Crippen molar-refractivity contribution in [1.29, 1.82) is 0 Å². The normalized spacial score (nSPS) is 10.3. The summed E-state index contributed by atoms with van der Waals surface area (Å²) < 4.78 is 0. The van der Waals surface area contributed by atoms with Gasteiger partial charge in [-0.3, -0.25) is 14.6 Å². The minimum absolute atomic E-state index is 0.120. The van der Waals surface area contributed by atoms with E-state index in [0.29, 0.717) is 22.8 Å². The van der Waals surface area contributed by atoms with Gasteiger partial charge in [0.1, 0.15) is 0 Å². The fraction of sp³-hybridized carbons (Fsp3) is 0.0952. The number of hydrogen-bond acceptors (Lipinski definition) is 3. The van der Waals surface area contributed by atoms with E-state index in [9.17, 15) is 9.59 Å². The zero-order valence-corrected chi connectivity index (χ0v) is 15.2. The summed E-state index contributed by atoms with van der Waals surface area (Å²) in [6.07, 6.45) is 3.36. The highest BCUT2D eigenvalue weighted by molar-refractivity contribution is 6.30. The topological polar surface area (TPSA) is 71.1 Å². The van der Waals surface area contributed by atoms with Crippen molar-refractivity contribution in [3.05, 3.63) is 94.8 Å². The van der Waals surface area contributed by atoms with Gasteiger partial charge in [0, 0.05) is 29.6 Å². The Balaban J connectivity index is 1.62. The fourth-order valence-corrected chi connectivity index (χ4v) is 2.79.